The number of pyridine rings is 1. The molecule has 0 saturated carbocycles. The van der Waals surface area contributed by atoms with Gasteiger partial charge in [0.05, 0.1) is 20.3 Å². The average Bonchev–Trinajstić information content (AvgIpc) is 2.42. The van der Waals surface area contributed by atoms with Crippen LogP contribution in [0, 0.1) is 0 Å². The van der Waals surface area contributed by atoms with Gasteiger partial charge in [0, 0.05) is 19.3 Å². The highest BCUT2D eigenvalue weighted by molar-refractivity contribution is 5.76. The van der Waals surface area contributed by atoms with Crippen molar-refractivity contribution in [2.75, 3.05) is 33.4 Å². The SMILES string of the molecule is COc1cccn(CC(=O)N2CCOCC2)c1=O. The van der Waals surface area contributed by atoms with Gasteiger partial charge in [-0.15, -0.1) is 0 Å². The van der Waals surface area contributed by atoms with Crippen molar-refractivity contribution in [2.45, 2.75) is 6.54 Å². The van der Waals surface area contributed by atoms with Crippen molar-refractivity contribution in [2.24, 2.45) is 0 Å². The Balaban J connectivity index is 2.09. The molecule has 0 radical (unpaired) electrons. The monoisotopic (exact) mass is 252 g/mol. The maximum atomic E-state index is 12.0. The van der Waals surface area contributed by atoms with Crippen LogP contribution in [0.15, 0.2) is 23.1 Å². The van der Waals surface area contributed by atoms with Crippen molar-refractivity contribution in [3.8, 4) is 5.75 Å². The van der Waals surface area contributed by atoms with Gasteiger partial charge in [-0.1, -0.05) is 0 Å². The fraction of sp³-hybridized carbons (Fsp3) is 0.500. The van der Waals surface area contributed by atoms with E-state index in [1.165, 1.54) is 11.7 Å². The third-order valence-corrected chi connectivity index (χ3v) is 2.87. The van der Waals surface area contributed by atoms with Gasteiger partial charge in [-0.25, -0.2) is 0 Å². The second-order valence-electron chi connectivity index (χ2n) is 4.00. The fourth-order valence-corrected chi connectivity index (χ4v) is 1.85. The zero-order valence-electron chi connectivity index (χ0n) is 10.3. The number of methoxy groups -OCH3 is 1. The summed E-state index contributed by atoms with van der Waals surface area (Å²) in [4.78, 5) is 25.6. The van der Waals surface area contributed by atoms with E-state index in [0.717, 1.165) is 0 Å². The van der Waals surface area contributed by atoms with Gasteiger partial charge >= 0.3 is 0 Å². The summed E-state index contributed by atoms with van der Waals surface area (Å²) in [6.45, 7) is 2.31. The van der Waals surface area contributed by atoms with Crippen molar-refractivity contribution in [1.29, 1.82) is 0 Å². The number of aromatic nitrogens is 1. The number of morpholine rings is 1. The number of rotatable bonds is 3. The molecule has 1 fully saturated rings. The predicted molar refractivity (Wildman–Crippen MR) is 64.7 cm³/mol. The molecule has 6 heteroatoms. The molecule has 0 atom stereocenters. The highest BCUT2D eigenvalue weighted by atomic mass is 16.5. The van der Waals surface area contributed by atoms with E-state index < -0.39 is 0 Å². The fourth-order valence-electron chi connectivity index (χ4n) is 1.85. The van der Waals surface area contributed by atoms with Crippen LogP contribution in [0.2, 0.25) is 0 Å². The first-order valence-corrected chi connectivity index (χ1v) is 5.81. The summed E-state index contributed by atoms with van der Waals surface area (Å²) in [5.41, 5.74) is -0.290. The lowest BCUT2D eigenvalue weighted by Crippen LogP contribution is -2.43. The third kappa shape index (κ3) is 2.70. The average molecular weight is 252 g/mol. The standard InChI is InChI=1S/C12H16N2O4/c1-17-10-3-2-4-14(12(10)16)9-11(15)13-5-7-18-8-6-13/h2-4H,5-9H2,1H3. The number of nitrogens with zero attached hydrogens (tertiary/aromatic N) is 2. The van der Waals surface area contributed by atoms with Crippen molar-refractivity contribution in [3.05, 3.63) is 28.7 Å². The minimum atomic E-state index is -0.290. The van der Waals surface area contributed by atoms with Crippen LogP contribution >= 0.6 is 0 Å². The number of amides is 1. The molecule has 0 bridgehead atoms. The van der Waals surface area contributed by atoms with Crippen LogP contribution in [0.4, 0.5) is 0 Å². The molecule has 2 rings (SSSR count). The molecule has 0 unspecified atom stereocenters. The number of hydrogen-bond donors (Lipinski definition) is 0. The highest BCUT2D eigenvalue weighted by Gasteiger charge is 2.17. The molecule has 1 aliphatic heterocycles. The molecule has 1 aromatic rings. The topological polar surface area (TPSA) is 60.8 Å². The Bertz CT molecular complexity index is 477. The Kier molecular flexibility index (Phi) is 3.99. The van der Waals surface area contributed by atoms with Crippen molar-refractivity contribution in [1.82, 2.24) is 9.47 Å². The largest absolute Gasteiger partial charge is 0.491 e. The molecule has 2 heterocycles. The lowest BCUT2D eigenvalue weighted by atomic mass is 10.3. The van der Waals surface area contributed by atoms with Gasteiger partial charge in [-0.2, -0.15) is 0 Å². The Hall–Kier alpha value is -1.82. The number of carbonyl (C=O) groups is 1. The van der Waals surface area contributed by atoms with Crippen molar-refractivity contribution in [3.63, 3.8) is 0 Å². The molecule has 18 heavy (non-hydrogen) atoms. The Morgan fingerprint density at radius 2 is 2.17 bits per heavy atom. The van der Waals surface area contributed by atoms with Gasteiger partial charge < -0.3 is 18.9 Å². The van der Waals surface area contributed by atoms with Crippen LogP contribution in [-0.4, -0.2) is 48.8 Å². The molecular weight excluding hydrogens is 236 g/mol. The lowest BCUT2D eigenvalue weighted by Gasteiger charge is -2.27. The van der Waals surface area contributed by atoms with Crippen LogP contribution in [0.25, 0.3) is 0 Å². The summed E-state index contributed by atoms with van der Waals surface area (Å²) in [5.74, 6) is 0.168. The number of carbonyl (C=O) groups excluding carboxylic acids is 1. The van der Waals surface area contributed by atoms with Crippen LogP contribution < -0.4 is 10.3 Å². The summed E-state index contributed by atoms with van der Waals surface area (Å²) >= 11 is 0. The zero-order chi connectivity index (χ0) is 13.0. The summed E-state index contributed by atoms with van der Waals surface area (Å²) < 4.78 is 11.5. The highest BCUT2D eigenvalue weighted by Crippen LogP contribution is 2.02. The summed E-state index contributed by atoms with van der Waals surface area (Å²) in [5, 5.41) is 0. The zero-order valence-corrected chi connectivity index (χ0v) is 10.3. The van der Waals surface area contributed by atoms with Gasteiger partial charge in [-0.05, 0) is 12.1 Å². The van der Waals surface area contributed by atoms with Crippen LogP contribution in [0.3, 0.4) is 0 Å². The first-order chi connectivity index (χ1) is 8.72. The van der Waals surface area contributed by atoms with E-state index in [1.807, 2.05) is 0 Å². The molecule has 6 nitrogen and oxygen atoms in total. The molecule has 1 aliphatic rings. The smallest absolute Gasteiger partial charge is 0.293 e. The van der Waals surface area contributed by atoms with E-state index >= 15 is 0 Å². The molecule has 1 amide bonds. The van der Waals surface area contributed by atoms with Gasteiger partial charge in [0.2, 0.25) is 5.91 Å². The summed E-state index contributed by atoms with van der Waals surface area (Å²) in [6.07, 6.45) is 1.59. The number of ether oxygens (including phenoxy) is 2. The first-order valence-electron chi connectivity index (χ1n) is 5.81. The van der Waals surface area contributed by atoms with Gasteiger partial charge in [-0.3, -0.25) is 9.59 Å². The molecule has 98 valence electrons. The van der Waals surface area contributed by atoms with Crippen molar-refractivity contribution < 1.29 is 14.3 Å². The van der Waals surface area contributed by atoms with Gasteiger partial charge in [0.15, 0.2) is 5.75 Å². The second-order valence-corrected chi connectivity index (χ2v) is 4.00. The molecule has 0 aromatic carbocycles. The predicted octanol–water partition coefficient (Wildman–Crippen LogP) is -0.284. The molecule has 0 spiro atoms. The normalized spacial score (nSPS) is 15.5. The first kappa shape index (κ1) is 12.6. The minimum absolute atomic E-state index is 0.0377. The van der Waals surface area contributed by atoms with E-state index in [1.54, 1.807) is 23.2 Å². The molecule has 1 aromatic heterocycles. The maximum Gasteiger partial charge on any atom is 0.293 e. The van der Waals surface area contributed by atoms with Gasteiger partial charge in [0.25, 0.3) is 5.56 Å². The summed E-state index contributed by atoms with van der Waals surface area (Å²) in [7, 11) is 1.44. The second kappa shape index (κ2) is 5.68. The molecule has 0 N–H and O–H groups in total. The van der Waals surface area contributed by atoms with Crippen molar-refractivity contribution >= 4 is 5.91 Å². The molecule has 0 aliphatic carbocycles. The maximum absolute atomic E-state index is 12.0. The Morgan fingerprint density at radius 1 is 1.44 bits per heavy atom. The number of hydrogen-bond acceptors (Lipinski definition) is 4. The van der Waals surface area contributed by atoms with E-state index in [-0.39, 0.29) is 23.8 Å². The van der Waals surface area contributed by atoms with E-state index in [2.05, 4.69) is 0 Å². The third-order valence-electron chi connectivity index (χ3n) is 2.87. The van der Waals surface area contributed by atoms with E-state index in [0.29, 0.717) is 26.3 Å². The quantitative estimate of drug-likeness (QED) is 0.742. The van der Waals surface area contributed by atoms with Gasteiger partial charge in [0.1, 0.15) is 6.54 Å². The Labute approximate surface area is 105 Å². The molecule has 1 saturated heterocycles. The van der Waals surface area contributed by atoms with Crippen LogP contribution in [-0.2, 0) is 16.1 Å². The summed E-state index contributed by atoms with van der Waals surface area (Å²) in [6, 6.07) is 3.27. The Morgan fingerprint density at radius 3 is 2.83 bits per heavy atom. The van der Waals surface area contributed by atoms with E-state index in [9.17, 15) is 9.59 Å². The minimum Gasteiger partial charge on any atom is -0.491 e. The van der Waals surface area contributed by atoms with Crippen LogP contribution in [0.5, 0.6) is 5.75 Å². The lowest BCUT2D eigenvalue weighted by molar-refractivity contribution is -0.135. The van der Waals surface area contributed by atoms with Crippen LogP contribution in [0.1, 0.15) is 0 Å². The molecular formula is C12H16N2O4. The van der Waals surface area contributed by atoms with E-state index in [4.69, 9.17) is 9.47 Å².